The molecule has 2 unspecified atom stereocenters. The Morgan fingerprint density at radius 3 is 2.72 bits per heavy atom. The van der Waals surface area contributed by atoms with E-state index in [1.807, 2.05) is 18.2 Å². The van der Waals surface area contributed by atoms with Gasteiger partial charge < -0.3 is 10.5 Å². The molecule has 1 aliphatic carbocycles. The fourth-order valence-corrected chi connectivity index (χ4v) is 4.97. The van der Waals surface area contributed by atoms with Crippen LogP contribution in [0.4, 0.5) is 0 Å². The van der Waals surface area contributed by atoms with E-state index < -0.39 is 0 Å². The van der Waals surface area contributed by atoms with E-state index in [0.717, 1.165) is 53.8 Å². The second-order valence-corrected chi connectivity index (χ2v) is 8.91. The van der Waals surface area contributed by atoms with Gasteiger partial charge >= 0.3 is 0 Å². The number of aromatic amines is 1. The third kappa shape index (κ3) is 3.72. The molecule has 1 aliphatic heterocycles. The first-order valence-electron chi connectivity index (χ1n) is 10.2. The number of nitrogens with two attached hydrogens (primary N) is 1. The van der Waals surface area contributed by atoms with Crippen LogP contribution < -0.4 is 10.5 Å². The third-order valence-corrected chi connectivity index (χ3v) is 6.66. The smallest absolute Gasteiger partial charge is 0.140 e. The van der Waals surface area contributed by atoms with Crippen LogP contribution in [0.1, 0.15) is 30.1 Å². The van der Waals surface area contributed by atoms with Crippen molar-refractivity contribution < 1.29 is 4.74 Å². The molecule has 2 aromatic carbocycles. The van der Waals surface area contributed by atoms with Crippen LogP contribution in [-0.4, -0.2) is 40.3 Å². The predicted octanol–water partition coefficient (Wildman–Crippen LogP) is 4.31. The summed E-state index contributed by atoms with van der Waals surface area (Å²) >= 11 is 3.59. The van der Waals surface area contributed by atoms with Crippen LogP contribution in [0.15, 0.2) is 59.2 Å². The SMILES string of the molecule is NC1CCN(C2Cc3ccccc3C2Oc2ccc(Br)cc2-c2ccn[nH]2)CC1. The Hall–Kier alpha value is -2.15. The lowest BCUT2D eigenvalue weighted by Gasteiger charge is -2.37. The van der Waals surface area contributed by atoms with Crippen molar-refractivity contribution in [1.82, 2.24) is 15.1 Å². The molecule has 29 heavy (non-hydrogen) atoms. The molecule has 2 atom stereocenters. The summed E-state index contributed by atoms with van der Waals surface area (Å²) in [6.45, 7) is 2.07. The number of nitrogens with zero attached hydrogens (tertiary/aromatic N) is 2. The summed E-state index contributed by atoms with van der Waals surface area (Å²) < 4.78 is 7.78. The third-order valence-electron chi connectivity index (χ3n) is 6.17. The van der Waals surface area contributed by atoms with Gasteiger partial charge in [0.1, 0.15) is 11.9 Å². The molecule has 150 valence electrons. The first kappa shape index (κ1) is 18.9. The number of piperidine rings is 1. The number of halogens is 1. The molecule has 2 aliphatic rings. The number of nitrogens with one attached hydrogen (secondary N) is 1. The van der Waals surface area contributed by atoms with Crippen molar-refractivity contribution in [3.63, 3.8) is 0 Å². The molecule has 3 N–H and O–H groups in total. The second-order valence-electron chi connectivity index (χ2n) is 7.99. The monoisotopic (exact) mass is 452 g/mol. The molecule has 2 heterocycles. The maximum Gasteiger partial charge on any atom is 0.140 e. The van der Waals surface area contributed by atoms with Crippen molar-refractivity contribution in [1.29, 1.82) is 0 Å². The lowest BCUT2D eigenvalue weighted by atomic mass is 10.0. The van der Waals surface area contributed by atoms with E-state index in [2.05, 4.69) is 61.4 Å². The number of hydrogen-bond donors (Lipinski definition) is 2. The fraction of sp³-hybridized carbons (Fsp3) is 0.348. The standard InChI is InChI=1S/C23H25BrN4O/c24-16-5-6-22(19(14-16)20-7-10-26-27-20)29-23-18-4-2-1-3-15(18)13-21(23)28-11-8-17(25)9-12-28/h1-7,10,14,17,21,23H,8-9,11-13,25H2,(H,26,27). The van der Waals surface area contributed by atoms with Crippen molar-refractivity contribution in [2.75, 3.05) is 13.1 Å². The van der Waals surface area contributed by atoms with Crippen molar-refractivity contribution in [3.05, 3.63) is 70.3 Å². The van der Waals surface area contributed by atoms with Gasteiger partial charge in [-0.25, -0.2) is 0 Å². The average Bonchev–Trinajstić information content (AvgIpc) is 3.39. The highest BCUT2D eigenvalue weighted by atomic mass is 79.9. The van der Waals surface area contributed by atoms with Crippen molar-refractivity contribution >= 4 is 15.9 Å². The molecule has 5 rings (SSSR count). The summed E-state index contributed by atoms with van der Waals surface area (Å²) in [6, 6.07) is 17.5. The molecule has 0 bridgehead atoms. The van der Waals surface area contributed by atoms with Crippen molar-refractivity contribution in [2.24, 2.45) is 5.73 Å². The quantitative estimate of drug-likeness (QED) is 0.618. The Kier molecular flexibility index (Phi) is 5.16. The van der Waals surface area contributed by atoms with Gasteiger partial charge in [0.15, 0.2) is 0 Å². The van der Waals surface area contributed by atoms with Crippen LogP contribution in [0, 0.1) is 0 Å². The number of ether oxygens (including phenoxy) is 1. The molecule has 5 nitrogen and oxygen atoms in total. The summed E-state index contributed by atoms with van der Waals surface area (Å²) in [6.07, 6.45) is 4.90. The van der Waals surface area contributed by atoms with Gasteiger partial charge in [-0.15, -0.1) is 0 Å². The van der Waals surface area contributed by atoms with E-state index in [-0.39, 0.29) is 6.10 Å². The number of likely N-dealkylation sites (tertiary alicyclic amines) is 1. The lowest BCUT2D eigenvalue weighted by Crippen LogP contribution is -2.47. The molecule has 0 spiro atoms. The molecule has 3 aromatic rings. The number of H-pyrrole nitrogens is 1. The summed E-state index contributed by atoms with van der Waals surface area (Å²) in [5, 5.41) is 7.19. The van der Waals surface area contributed by atoms with E-state index >= 15 is 0 Å². The van der Waals surface area contributed by atoms with E-state index in [4.69, 9.17) is 10.5 Å². The molecule has 1 saturated heterocycles. The summed E-state index contributed by atoms with van der Waals surface area (Å²) in [5.41, 5.74) is 10.8. The predicted molar refractivity (Wildman–Crippen MR) is 118 cm³/mol. The van der Waals surface area contributed by atoms with Crippen molar-refractivity contribution in [3.8, 4) is 17.0 Å². The van der Waals surface area contributed by atoms with Crippen LogP contribution >= 0.6 is 15.9 Å². The molecule has 1 aromatic heterocycles. The van der Waals surface area contributed by atoms with E-state index in [1.165, 1.54) is 11.1 Å². The zero-order chi connectivity index (χ0) is 19.8. The van der Waals surface area contributed by atoms with Gasteiger partial charge in [0.25, 0.3) is 0 Å². The van der Waals surface area contributed by atoms with E-state index in [1.54, 1.807) is 6.20 Å². The maximum absolute atomic E-state index is 6.76. The summed E-state index contributed by atoms with van der Waals surface area (Å²) in [7, 11) is 0. The highest BCUT2D eigenvalue weighted by Crippen LogP contribution is 2.41. The molecule has 6 heteroatoms. The number of hydrogen-bond acceptors (Lipinski definition) is 4. The van der Waals surface area contributed by atoms with Crippen molar-refractivity contribution in [2.45, 2.75) is 37.5 Å². The Labute approximate surface area is 179 Å². The topological polar surface area (TPSA) is 67.2 Å². The van der Waals surface area contributed by atoms with E-state index in [9.17, 15) is 0 Å². The average molecular weight is 453 g/mol. The molecular formula is C23H25BrN4O. The molecular weight excluding hydrogens is 428 g/mol. The van der Waals surface area contributed by atoms with Gasteiger partial charge in [-0.2, -0.15) is 5.10 Å². The van der Waals surface area contributed by atoms with Crippen LogP contribution in [-0.2, 0) is 6.42 Å². The minimum Gasteiger partial charge on any atom is -0.483 e. The zero-order valence-electron chi connectivity index (χ0n) is 16.2. The summed E-state index contributed by atoms with van der Waals surface area (Å²) in [5.74, 6) is 0.873. The molecule has 0 saturated carbocycles. The van der Waals surface area contributed by atoms with E-state index in [0.29, 0.717) is 12.1 Å². The summed E-state index contributed by atoms with van der Waals surface area (Å²) in [4.78, 5) is 2.57. The minimum absolute atomic E-state index is 0.00312. The Morgan fingerprint density at radius 2 is 1.93 bits per heavy atom. The number of fused-ring (bicyclic) bond motifs is 1. The molecule has 1 fully saturated rings. The van der Waals surface area contributed by atoms with Gasteiger partial charge in [0.05, 0.1) is 11.7 Å². The highest BCUT2D eigenvalue weighted by molar-refractivity contribution is 9.10. The van der Waals surface area contributed by atoms with Gasteiger partial charge in [0.2, 0.25) is 0 Å². The highest BCUT2D eigenvalue weighted by Gasteiger charge is 2.39. The van der Waals surface area contributed by atoms with Crippen LogP contribution in [0.3, 0.4) is 0 Å². The van der Waals surface area contributed by atoms with Crippen LogP contribution in [0.25, 0.3) is 11.3 Å². The molecule has 0 radical (unpaired) electrons. The number of aromatic nitrogens is 2. The largest absolute Gasteiger partial charge is 0.483 e. The number of benzene rings is 2. The van der Waals surface area contributed by atoms with Gasteiger partial charge in [0, 0.05) is 35.4 Å². The fourth-order valence-electron chi connectivity index (χ4n) is 4.61. The Morgan fingerprint density at radius 1 is 1.10 bits per heavy atom. The molecule has 0 amide bonds. The van der Waals surface area contributed by atoms with Crippen LogP contribution in [0.2, 0.25) is 0 Å². The first-order chi connectivity index (χ1) is 14.2. The minimum atomic E-state index is 0.00312. The number of rotatable bonds is 4. The Balaban J connectivity index is 1.50. The van der Waals surface area contributed by atoms with Gasteiger partial charge in [-0.1, -0.05) is 40.2 Å². The Bertz CT molecular complexity index is 982. The van der Waals surface area contributed by atoms with Gasteiger partial charge in [-0.3, -0.25) is 10.00 Å². The lowest BCUT2D eigenvalue weighted by molar-refractivity contribution is 0.0613. The van der Waals surface area contributed by atoms with Gasteiger partial charge in [-0.05, 0) is 54.7 Å². The van der Waals surface area contributed by atoms with Crippen LogP contribution in [0.5, 0.6) is 5.75 Å². The zero-order valence-corrected chi connectivity index (χ0v) is 17.8. The first-order valence-corrected chi connectivity index (χ1v) is 11.0. The maximum atomic E-state index is 6.76. The second kappa shape index (κ2) is 7.94. The normalized spacial score (nSPS) is 22.6.